The van der Waals surface area contributed by atoms with Gasteiger partial charge in [-0.1, -0.05) is 0 Å². The van der Waals surface area contributed by atoms with Gasteiger partial charge in [-0.3, -0.25) is 9.80 Å². The first-order valence-electron chi connectivity index (χ1n) is 3.63. The predicted molar refractivity (Wildman–Crippen MR) is 49.1 cm³/mol. The largest absolute Gasteiger partial charge is 0.382 e. The molecule has 0 aliphatic rings. The molecule has 0 atom stereocenters. The molecule has 76 valence electrons. The molecular weight excluding hydrogens is 188 g/mol. The Labute approximate surface area is 79.4 Å². The Bertz CT molecular complexity index is 357. The zero-order chi connectivity index (χ0) is 10.7. The van der Waals surface area contributed by atoms with Crippen LogP contribution in [0, 0.1) is 0 Å². The molecule has 0 aromatic carbocycles. The number of carbonyl (C=O) groups excluding carboxylic acids is 2. The Morgan fingerprint density at radius 3 is 2.93 bits per heavy atom. The van der Waals surface area contributed by atoms with Crippen LogP contribution in [0.3, 0.4) is 0 Å². The zero-order valence-electron chi connectivity index (χ0n) is 7.47. The zero-order valence-corrected chi connectivity index (χ0v) is 7.47. The van der Waals surface area contributed by atoms with Gasteiger partial charge in [-0.25, -0.2) is 20.2 Å². The number of rotatable bonds is 2. The van der Waals surface area contributed by atoms with E-state index in [0.29, 0.717) is 6.41 Å². The van der Waals surface area contributed by atoms with E-state index in [1.165, 1.54) is 13.4 Å². The molecule has 0 aliphatic carbocycles. The second-order valence-corrected chi connectivity index (χ2v) is 2.50. The molecule has 0 fully saturated rings. The first kappa shape index (κ1) is 9.99. The Morgan fingerprint density at radius 1 is 1.79 bits per heavy atom. The van der Waals surface area contributed by atoms with E-state index in [2.05, 4.69) is 10.3 Å². The number of nitrogens with zero attached hydrogens (tertiary/aromatic N) is 3. The summed E-state index contributed by atoms with van der Waals surface area (Å²) in [6, 6.07) is -0.547. The molecule has 0 bridgehead atoms. The van der Waals surface area contributed by atoms with E-state index < -0.39 is 6.03 Å². The lowest BCUT2D eigenvalue weighted by Gasteiger charge is -2.10. The minimum atomic E-state index is -0.547. The Kier molecular flexibility index (Phi) is 2.67. The summed E-state index contributed by atoms with van der Waals surface area (Å²) in [6.45, 7) is 0. The highest BCUT2D eigenvalue weighted by Crippen LogP contribution is 2.14. The number of nitrogens with two attached hydrogens (primary N) is 2. The molecule has 1 aromatic heterocycles. The molecule has 1 rings (SSSR count). The second-order valence-electron chi connectivity index (χ2n) is 2.50. The molecule has 0 saturated heterocycles. The monoisotopic (exact) mass is 198 g/mol. The summed E-state index contributed by atoms with van der Waals surface area (Å²) >= 11 is 0. The van der Waals surface area contributed by atoms with Crippen molar-refractivity contribution in [2.24, 2.45) is 5.84 Å². The fraction of sp³-hybridized carbons (Fsp3) is 0.167. The van der Waals surface area contributed by atoms with Crippen molar-refractivity contribution < 1.29 is 9.59 Å². The summed E-state index contributed by atoms with van der Waals surface area (Å²) in [5.41, 5.74) is 5.50. The van der Waals surface area contributed by atoms with Crippen molar-refractivity contribution in [1.29, 1.82) is 0 Å². The van der Waals surface area contributed by atoms with E-state index in [-0.39, 0.29) is 11.6 Å². The molecule has 1 aromatic rings. The summed E-state index contributed by atoms with van der Waals surface area (Å²) in [5, 5.41) is 3.09. The number of amides is 2. The van der Waals surface area contributed by atoms with E-state index in [1.54, 1.807) is 0 Å². The number of aromatic nitrogens is 2. The van der Waals surface area contributed by atoms with Crippen LogP contribution in [0.15, 0.2) is 6.33 Å². The van der Waals surface area contributed by atoms with Gasteiger partial charge in [-0.05, 0) is 0 Å². The van der Waals surface area contributed by atoms with Crippen LogP contribution in [0.2, 0.25) is 0 Å². The van der Waals surface area contributed by atoms with Crippen molar-refractivity contribution in [2.75, 3.05) is 18.1 Å². The highest BCUT2D eigenvalue weighted by molar-refractivity contribution is 5.84. The van der Waals surface area contributed by atoms with Gasteiger partial charge in [0.2, 0.25) is 6.41 Å². The lowest BCUT2D eigenvalue weighted by atomic mass is 10.6. The van der Waals surface area contributed by atoms with Gasteiger partial charge in [0.15, 0.2) is 11.6 Å². The molecule has 14 heavy (non-hydrogen) atoms. The van der Waals surface area contributed by atoms with Crippen LogP contribution in [0.4, 0.5) is 16.4 Å². The molecule has 8 nitrogen and oxygen atoms in total. The smallest absolute Gasteiger partial charge is 0.344 e. The Balaban J connectivity index is 3.00. The van der Waals surface area contributed by atoms with Crippen LogP contribution in [0.1, 0.15) is 0 Å². The number of carbonyl (C=O) groups is 2. The standard InChI is InChI=1S/C6H10N6O2/c1-11(8)6(14)12-2-9-5(4(12)7)10-3-13/h2-3H,7-8H2,1H3,(H,10,13). The van der Waals surface area contributed by atoms with Gasteiger partial charge < -0.3 is 11.1 Å². The lowest BCUT2D eigenvalue weighted by Crippen LogP contribution is -2.36. The maximum absolute atomic E-state index is 11.3. The second kappa shape index (κ2) is 3.75. The molecule has 2 amide bonds. The average molecular weight is 198 g/mol. The Hall–Kier alpha value is -2.09. The van der Waals surface area contributed by atoms with E-state index >= 15 is 0 Å². The highest BCUT2D eigenvalue weighted by atomic mass is 16.2. The number of hydrazine groups is 1. The summed E-state index contributed by atoms with van der Waals surface area (Å²) in [7, 11) is 1.37. The van der Waals surface area contributed by atoms with Crippen molar-refractivity contribution in [1.82, 2.24) is 14.6 Å². The van der Waals surface area contributed by atoms with Gasteiger partial charge in [0.05, 0.1) is 0 Å². The molecule has 1 heterocycles. The SMILES string of the molecule is CN(N)C(=O)n1cnc(NC=O)c1N. The fourth-order valence-electron chi connectivity index (χ4n) is 0.847. The summed E-state index contributed by atoms with van der Waals surface area (Å²) in [5.74, 6) is 5.36. The van der Waals surface area contributed by atoms with Crippen molar-refractivity contribution in [2.45, 2.75) is 0 Å². The summed E-state index contributed by atoms with van der Waals surface area (Å²) in [6.07, 6.45) is 1.59. The van der Waals surface area contributed by atoms with Gasteiger partial charge in [0.25, 0.3) is 0 Å². The average Bonchev–Trinajstić information content (AvgIpc) is 2.48. The number of nitrogens with one attached hydrogen (secondary N) is 1. The van der Waals surface area contributed by atoms with Crippen LogP contribution in [0.25, 0.3) is 0 Å². The molecule has 0 radical (unpaired) electrons. The summed E-state index contributed by atoms with van der Waals surface area (Å²) < 4.78 is 1.02. The topological polar surface area (TPSA) is 119 Å². The van der Waals surface area contributed by atoms with Crippen molar-refractivity contribution in [3.63, 3.8) is 0 Å². The third-order valence-electron chi connectivity index (χ3n) is 1.51. The maximum atomic E-state index is 11.3. The van der Waals surface area contributed by atoms with Crippen LogP contribution in [-0.2, 0) is 4.79 Å². The number of anilines is 2. The molecule has 0 aliphatic heterocycles. The molecule has 5 N–H and O–H groups in total. The van der Waals surface area contributed by atoms with Crippen molar-refractivity contribution in [3.05, 3.63) is 6.33 Å². The van der Waals surface area contributed by atoms with Crippen molar-refractivity contribution in [3.8, 4) is 0 Å². The van der Waals surface area contributed by atoms with Crippen LogP contribution < -0.4 is 16.9 Å². The first-order valence-corrected chi connectivity index (χ1v) is 3.63. The third-order valence-corrected chi connectivity index (χ3v) is 1.51. The van der Waals surface area contributed by atoms with Crippen LogP contribution in [0.5, 0.6) is 0 Å². The van der Waals surface area contributed by atoms with Crippen molar-refractivity contribution >= 4 is 24.1 Å². The van der Waals surface area contributed by atoms with E-state index in [0.717, 1.165) is 9.58 Å². The maximum Gasteiger partial charge on any atom is 0.344 e. The van der Waals surface area contributed by atoms with Crippen LogP contribution >= 0.6 is 0 Å². The van der Waals surface area contributed by atoms with Gasteiger partial charge in [-0.2, -0.15) is 0 Å². The number of nitrogen functional groups attached to an aromatic ring is 1. The quantitative estimate of drug-likeness (QED) is 0.239. The predicted octanol–water partition coefficient (Wildman–Crippen LogP) is -1.19. The first-order chi connectivity index (χ1) is 6.57. The van der Waals surface area contributed by atoms with E-state index in [1.807, 2.05) is 0 Å². The fourth-order valence-corrected chi connectivity index (χ4v) is 0.847. The molecule has 0 spiro atoms. The lowest BCUT2D eigenvalue weighted by molar-refractivity contribution is -0.105. The van der Waals surface area contributed by atoms with Gasteiger partial charge in [0.1, 0.15) is 6.33 Å². The van der Waals surface area contributed by atoms with Gasteiger partial charge in [0, 0.05) is 7.05 Å². The van der Waals surface area contributed by atoms with Gasteiger partial charge >= 0.3 is 6.03 Å². The van der Waals surface area contributed by atoms with E-state index in [9.17, 15) is 9.59 Å². The molecule has 0 unspecified atom stereocenters. The summed E-state index contributed by atoms with van der Waals surface area (Å²) in [4.78, 5) is 25.1. The third kappa shape index (κ3) is 1.64. The molecule has 8 heteroatoms. The minimum Gasteiger partial charge on any atom is -0.382 e. The number of hydrogen-bond donors (Lipinski definition) is 3. The normalized spacial score (nSPS) is 9.57. The molecular formula is C6H10N6O2. The van der Waals surface area contributed by atoms with E-state index in [4.69, 9.17) is 11.6 Å². The van der Waals surface area contributed by atoms with Crippen LogP contribution in [-0.4, -0.2) is 34.0 Å². The highest BCUT2D eigenvalue weighted by Gasteiger charge is 2.14. The number of imidazole rings is 1. The van der Waals surface area contributed by atoms with Gasteiger partial charge in [-0.15, -0.1) is 0 Å². The number of hydrogen-bond acceptors (Lipinski definition) is 5. The Morgan fingerprint density at radius 2 is 2.43 bits per heavy atom. The minimum absolute atomic E-state index is 0.0272. The molecule has 0 saturated carbocycles.